The first kappa shape index (κ1) is 14.8. The molecule has 0 saturated carbocycles. The molecule has 1 aliphatic heterocycles. The zero-order chi connectivity index (χ0) is 14.3. The number of carbonyl (C=O) groups is 1. The molecule has 0 aliphatic carbocycles. The molecular weight excluding hydrogens is 306 g/mol. The summed E-state index contributed by atoms with van der Waals surface area (Å²) in [5.41, 5.74) is 0.0224. The van der Waals surface area contributed by atoms with Gasteiger partial charge in [-0.25, -0.2) is 13.2 Å². The predicted molar refractivity (Wildman–Crippen MR) is 76.6 cm³/mol. The number of carboxylic acid groups (broad SMARTS) is 1. The molecular formula is C11H15NO4S3. The zero-order valence-corrected chi connectivity index (χ0v) is 13.1. The van der Waals surface area contributed by atoms with E-state index in [1.807, 2.05) is 13.8 Å². The zero-order valence-electron chi connectivity index (χ0n) is 10.6. The molecule has 5 nitrogen and oxygen atoms in total. The van der Waals surface area contributed by atoms with Crippen LogP contribution in [0.15, 0.2) is 15.7 Å². The molecule has 0 bridgehead atoms. The number of hydrogen-bond donors (Lipinski definition) is 1. The molecule has 106 valence electrons. The monoisotopic (exact) mass is 321 g/mol. The Labute approximate surface area is 120 Å². The molecule has 19 heavy (non-hydrogen) atoms. The summed E-state index contributed by atoms with van der Waals surface area (Å²) in [7, 11) is -3.57. The van der Waals surface area contributed by atoms with Gasteiger partial charge in [-0.15, -0.1) is 11.3 Å². The Kier molecular flexibility index (Phi) is 3.97. The molecule has 1 aliphatic rings. The average molecular weight is 321 g/mol. The van der Waals surface area contributed by atoms with Crippen molar-refractivity contribution < 1.29 is 18.3 Å². The lowest BCUT2D eigenvalue weighted by Crippen LogP contribution is -2.45. The number of thiophene rings is 1. The van der Waals surface area contributed by atoms with Crippen LogP contribution in [0.5, 0.6) is 0 Å². The average Bonchev–Trinajstić information content (AvgIpc) is 2.77. The van der Waals surface area contributed by atoms with Crippen molar-refractivity contribution in [3.63, 3.8) is 0 Å². The quantitative estimate of drug-likeness (QED) is 0.921. The SMILES string of the molecule is CC1(C)CN(S(=O)(=O)c2cc(C(=O)O)cs2)CCS1. The van der Waals surface area contributed by atoms with Gasteiger partial charge in [0.1, 0.15) is 4.21 Å². The van der Waals surface area contributed by atoms with E-state index in [1.54, 1.807) is 11.8 Å². The molecule has 1 N–H and O–H groups in total. The van der Waals surface area contributed by atoms with Gasteiger partial charge in [0, 0.05) is 29.0 Å². The van der Waals surface area contributed by atoms with Crippen LogP contribution in [0.1, 0.15) is 24.2 Å². The number of carboxylic acids is 1. The highest BCUT2D eigenvalue weighted by atomic mass is 32.2. The fourth-order valence-electron chi connectivity index (χ4n) is 1.87. The summed E-state index contributed by atoms with van der Waals surface area (Å²) < 4.78 is 26.3. The fraction of sp³-hybridized carbons (Fsp3) is 0.545. The van der Waals surface area contributed by atoms with E-state index < -0.39 is 16.0 Å². The van der Waals surface area contributed by atoms with Crippen molar-refractivity contribution in [2.45, 2.75) is 22.8 Å². The highest BCUT2D eigenvalue weighted by molar-refractivity contribution is 8.00. The molecule has 0 atom stereocenters. The number of aromatic carboxylic acids is 1. The number of nitrogens with zero attached hydrogens (tertiary/aromatic N) is 1. The van der Waals surface area contributed by atoms with E-state index >= 15 is 0 Å². The maximum absolute atomic E-state index is 12.4. The highest BCUT2D eigenvalue weighted by Crippen LogP contribution is 2.33. The molecule has 2 rings (SSSR count). The van der Waals surface area contributed by atoms with E-state index in [9.17, 15) is 13.2 Å². The van der Waals surface area contributed by atoms with Crippen LogP contribution in [0, 0.1) is 0 Å². The Morgan fingerprint density at radius 1 is 1.47 bits per heavy atom. The van der Waals surface area contributed by atoms with Crippen molar-refractivity contribution in [3.05, 3.63) is 17.0 Å². The van der Waals surface area contributed by atoms with Crippen LogP contribution < -0.4 is 0 Å². The summed E-state index contributed by atoms with van der Waals surface area (Å²) in [5, 5.41) is 10.2. The maximum atomic E-state index is 12.4. The van der Waals surface area contributed by atoms with E-state index in [0.29, 0.717) is 13.1 Å². The number of sulfonamides is 1. The molecule has 0 unspecified atom stereocenters. The molecule has 0 aromatic carbocycles. The van der Waals surface area contributed by atoms with Gasteiger partial charge in [0.05, 0.1) is 5.56 Å². The summed E-state index contributed by atoms with van der Waals surface area (Å²) in [6.07, 6.45) is 0. The Balaban J connectivity index is 2.28. The van der Waals surface area contributed by atoms with E-state index in [1.165, 1.54) is 15.8 Å². The van der Waals surface area contributed by atoms with Crippen LogP contribution in [0.4, 0.5) is 0 Å². The van der Waals surface area contributed by atoms with Crippen LogP contribution in [-0.4, -0.2) is 47.4 Å². The smallest absolute Gasteiger partial charge is 0.336 e. The lowest BCUT2D eigenvalue weighted by Gasteiger charge is -2.36. The third kappa shape index (κ3) is 3.13. The molecule has 1 aromatic rings. The van der Waals surface area contributed by atoms with Gasteiger partial charge in [-0.05, 0) is 19.9 Å². The van der Waals surface area contributed by atoms with Gasteiger partial charge in [0.15, 0.2) is 0 Å². The first-order valence-corrected chi connectivity index (χ1v) is 8.99. The number of thioether (sulfide) groups is 1. The molecule has 0 spiro atoms. The Bertz CT molecular complexity index is 591. The molecule has 0 radical (unpaired) electrons. The van der Waals surface area contributed by atoms with E-state index in [4.69, 9.17) is 5.11 Å². The Morgan fingerprint density at radius 3 is 2.68 bits per heavy atom. The summed E-state index contributed by atoms with van der Waals surface area (Å²) in [6.45, 7) is 4.93. The van der Waals surface area contributed by atoms with Crippen LogP contribution >= 0.6 is 23.1 Å². The number of rotatable bonds is 3. The second-order valence-electron chi connectivity index (χ2n) is 4.91. The highest BCUT2D eigenvalue weighted by Gasteiger charge is 2.35. The van der Waals surface area contributed by atoms with E-state index in [2.05, 4.69) is 0 Å². The maximum Gasteiger partial charge on any atom is 0.336 e. The van der Waals surface area contributed by atoms with Crippen molar-refractivity contribution in [2.75, 3.05) is 18.8 Å². The summed E-state index contributed by atoms with van der Waals surface area (Å²) in [5.74, 6) is -0.351. The first-order valence-electron chi connectivity index (χ1n) is 5.68. The topological polar surface area (TPSA) is 74.7 Å². The van der Waals surface area contributed by atoms with Crippen molar-refractivity contribution in [1.29, 1.82) is 0 Å². The van der Waals surface area contributed by atoms with E-state index in [-0.39, 0.29) is 14.5 Å². The van der Waals surface area contributed by atoms with Crippen LogP contribution in [0.2, 0.25) is 0 Å². The van der Waals surface area contributed by atoms with Gasteiger partial charge in [0.25, 0.3) is 10.0 Å². The normalized spacial score (nSPS) is 20.3. The minimum atomic E-state index is -3.57. The molecule has 1 fully saturated rings. The molecule has 8 heteroatoms. The predicted octanol–water partition coefficient (Wildman–Crippen LogP) is 1.96. The largest absolute Gasteiger partial charge is 0.478 e. The summed E-state index contributed by atoms with van der Waals surface area (Å²) in [6, 6.07) is 1.23. The summed E-state index contributed by atoms with van der Waals surface area (Å²) in [4.78, 5) is 10.8. The lowest BCUT2D eigenvalue weighted by molar-refractivity contribution is 0.0697. The molecule has 1 saturated heterocycles. The molecule has 1 aromatic heterocycles. The van der Waals surface area contributed by atoms with E-state index in [0.717, 1.165) is 17.1 Å². The van der Waals surface area contributed by atoms with Crippen molar-refractivity contribution in [3.8, 4) is 0 Å². The van der Waals surface area contributed by atoms with Gasteiger partial charge in [-0.2, -0.15) is 16.1 Å². The first-order chi connectivity index (χ1) is 8.72. The van der Waals surface area contributed by atoms with Crippen LogP contribution in [-0.2, 0) is 10.0 Å². The minimum absolute atomic E-state index is 0.0224. The van der Waals surface area contributed by atoms with Crippen molar-refractivity contribution >= 4 is 39.1 Å². The fourth-order valence-corrected chi connectivity index (χ4v) is 6.09. The van der Waals surface area contributed by atoms with Crippen molar-refractivity contribution in [1.82, 2.24) is 4.31 Å². The lowest BCUT2D eigenvalue weighted by atomic mass is 10.2. The standard InChI is InChI=1S/C11H15NO4S3/c1-11(2)7-12(3-4-18-11)19(15,16)9-5-8(6-17-9)10(13)14/h5-6H,3-4,7H2,1-2H3,(H,13,14). The molecule has 2 heterocycles. The molecule has 0 amide bonds. The Hall–Kier alpha value is -0.570. The third-order valence-electron chi connectivity index (χ3n) is 2.81. The van der Waals surface area contributed by atoms with Crippen molar-refractivity contribution in [2.24, 2.45) is 0 Å². The second kappa shape index (κ2) is 5.08. The summed E-state index contributed by atoms with van der Waals surface area (Å²) >= 11 is 2.71. The van der Waals surface area contributed by atoms with Gasteiger partial charge in [0.2, 0.25) is 0 Å². The second-order valence-corrected chi connectivity index (χ2v) is 9.78. The van der Waals surface area contributed by atoms with Crippen LogP contribution in [0.3, 0.4) is 0 Å². The van der Waals surface area contributed by atoms with Gasteiger partial charge < -0.3 is 5.11 Å². The number of hydrogen-bond acceptors (Lipinski definition) is 5. The minimum Gasteiger partial charge on any atom is -0.478 e. The van der Waals surface area contributed by atoms with Gasteiger partial charge in [-0.3, -0.25) is 0 Å². The van der Waals surface area contributed by atoms with Crippen LogP contribution in [0.25, 0.3) is 0 Å². The third-order valence-corrected chi connectivity index (χ3v) is 7.36. The van der Waals surface area contributed by atoms with Gasteiger partial charge >= 0.3 is 5.97 Å². The Morgan fingerprint density at radius 2 is 2.16 bits per heavy atom. The van der Waals surface area contributed by atoms with Gasteiger partial charge in [-0.1, -0.05) is 0 Å².